The molecule has 1 unspecified atom stereocenters. The molecule has 1 atom stereocenters. The van der Waals surface area contributed by atoms with Crippen LogP contribution in [0.4, 0.5) is 0 Å². The number of methoxy groups -OCH3 is 1. The lowest BCUT2D eigenvalue weighted by Gasteiger charge is -2.25. The Balaban J connectivity index is 2.00. The van der Waals surface area contributed by atoms with Crippen molar-refractivity contribution in [2.45, 2.75) is 19.5 Å². The molecule has 0 amide bonds. The van der Waals surface area contributed by atoms with Gasteiger partial charge in [-0.25, -0.2) is 4.63 Å². The molecular weight excluding hydrogens is 268 g/mol. The van der Waals surface area contributed by atoms with Crippen molar-refractivity contribution in [2.75, 3.05) is 27.7 Å². The van der Waals surface area contributed by atoms with Crippen molar-refractivity contribution in [2.24, 2.45) is 0 Å². The lowest BCUT2D eigenvalue weighted by Crippen LogP contribution is -2.31. The smallest absolute Gasteiger partial charge is 0.121 e. The summed E-state index contributed by atoms with van der Waals surface area (Å²) < 4.78 is 9.99. The molecule has 0 bridgehead atoms. The van der Waals surface area contributed by atoms with Crippen LogP contribution in [0.25, 0.3) is 0 Å². The second-order valence-electron chi connectivity index (χ2n) is 5.18. The van der Waals surface area contributed by atoms with Crippen LogP contribution in [0.2, 0.25) is 0 Å². The molecule has 1 aromatic heterocycles. The summed E-state index contributed by atoms with van der Waals surface area (Å²) in [5.74, 6) is 0.871. The summed E-state index contributed by atoms with van der Waals surface area (Å²) in [7, 11) is 5.81. The van der Waals surface area contributed by atoms with Gasteiger partial charge in [0.15, 0.2) is 0 Å². The molecule has 0 radical (unpaired) electrons. The fourth-order valence-electron chi connectivity index (χ4n) is 2.18. The van der Waals surface area contributed by atoms with Crippen LogP contribution in [0, 0.1) is 6.92 Å². The monoisotopic (exact) mass is 290 g/mol. The molecule has 114 valence electrons. The van der Waals surface area contributed by atoms with Gasteiger partial charge in [0, 0.05) is 19.1 Å². The van der Waals surface area contributed by atoms with Crippen molar-refractivity contribution in [3.05, 3.63) is 41.2 Å². The first-order valence-corrected chi connectivity index (χ1v) is 6.91. The van der Waals surface area contributed by atoms with Crippen molar-refractivity contribution in [3.8, 4) is 5.75 Å². The van der Waals surface area contributed by atoms with Crippen LogP contribution >= 0.6 is 0 Å². The van der Waals surface area contributed by atoms with Crippen LogP contribution in [0.3, 0.4) is 0 Å². The third kappa shape index (κ3) is 4.03. The molecule has 1 N–H and O–H groups in total. The van der Waals surface area contributed by atoms with Crippen LogP contribution in [0.5, 0.6) is 5.75 Å². The molecule has 0 aliphatic rings. The Morgan fingerprint density at radius 2 is 2.14 bits per heavy atom. The van der Waals surface area contributed by atoms with E-state index in [0.717, 1.165) is 23.7 Å². The van der Waals surface area contributed by atoms with Gasteiger partial charge in [-0.2, -0.15) is 0 Å². The number of nitrogens with zero attached hydrogens (tertiary/aromatic N) is 3. The van der Waals surface area contributed by atoms with Gasteiger partial charge in [-0.05, 0) is 38.7 Å². The fraction of sp³-hybridized carbons (Fsp3) is 0.467. The zero-order valence-corrected chi connectivity index (χ0v) is 13.0. The molecule has 1 heterocycles. The van der Waals surface area contributed by atoms with Crippen molar-refractivity contribution < 1.29 is 9.37 Å². The van der Waals surface area contributed by atoms with Gasteiger partial charge in [0.1, 0.15) is 17.1 Å². The Morgan fingerprint density at radius 1 is 1.33 bits per heavy atom. The molecule has 1 aromatic carbocycles. The van der Waals surface area contributed by atoms with Gasteiger partial charge in [0.2, 0.25) is 0 Å². The summed E-state index contributed by atoms with van der Waals surface area (Å²) in [5.41, 5.74) is 2.88. The number of hydrogen-bond donors (Lipinski definition) is 1. The van der Waals surface area contributed by atoms with Gasteiger partial charge in [-0.1, -0.05) is 22.4 Å². The fourth-order valence-corrected chi connectivity index (χ4v) is 2.18. The van der Waals surface area contributed by atoms with Crippen LogP contribution in [0.1, 0.15) is 23.0 Å². The van der Waals surface area contributed by atoms with E-state index in [2.05, 4.69) is 46.8 Å². The minimum Gasteiger partial charge on any atom is -0.497 e. The predicted molar refractivity (Wildman–Crippen MR) is 80.2 cm³/mol. The van der Waals surface area contributed by atoms with E-state index in [1.807, 2.05) is 19.1 Å². The van der Waals surface area contributed by atoms with Crippen LogP contribution in [0.15, 0.2) is 28.9 Å². The van der Waals surface area contributed by atoms with E-state index in [4.69, 9.17) is 9.37 Å². The number of ether oxygens (including phenoxy) is 1. The summed E-state index contributed by atoms with van der Waals surface area (Å²) in [5, 5.41) is 11.1. The number of likely N-dealkylation sites (N-methyl/N-ethyl adjacent to an activating group) is 1. The average Bonchev–Trinajstić information content (AvgIpc) is 2.88. The molecular formula is C15H22N4O2. The molecule has 0 spiro atoms. The molecule has 6 nitrogen and oxygen atoms in total. The Morgan fingerprint density at radius 3 is 2.76 bits per heavy atom. The zero-order valence-electron chi connectivity index (χ0n) is 13.0. The van der Waals surface area contributed by atoms with Crippen molar-refractivity contribution in [3.63, 3.8) is 0 Å². The van der Waals surface area contributed by atoms with Crippen molar-refractivity contribution >= 4 is 0 Å². The van der Waals surface area contributed by atoms with E-state index in [-0.39, 0.29) is 6.04 Å². The van der Waals surface area contributed by atoms with Gasteiger partial charge >= 0.3 is 0 Å². The van der Waals surface area contributed by atoms with E-state index in [9.17, 15) is 0 Å². The lowest BCUT2D eigenvalue weighted by atomic mass is 10.1. The van der Waals surface area contributed by atoms with Crippen LogP contribution in [-0.4, -0.2) is 43.0 Å². The summed E-state index contributed by atoms with van der Waals surface area (Å²) >= 11 is 0. The second kappa shape index (κ2) is 7.19. The summed E-state index contributed by atoms with van der Waals surface area (Å²) in [6.07, 6.45) is 0. The molecule has 21 heavy (non-hydrogen) atoms. The topological polar surface area (TPSA) is 63.4 Å². The standard InChI is InChI=1S/C15H22N4O2/c1-11-14(18-21-17-11)9-16-10-15(19(2)3)12-6-5-7-13(8-12)20-4/h5-8,15-16H,9-10H2,1-4H3. The molecule has 0 aliphatic heterocycles. The van der Waals surface area contributed by atoms with E-state index in [1.54, 1.807) is 7.11 Å². The number of benzene rings is 1. The Bertz CT molecular complexity index is 568. The molecule has 2 aromatic rings. The summed E-state index contributed by atoms with van der Waals surface area (Å²) in [4.78, 5) is 2.18. The molecule has 2 rings (SSSR count). The summed E-state index contributed by atoms with van der Waals surface area (Å²) in [6, 6.07) is 8.39. The molecule has 0 fully saturated rings. The van der Waals surface area contributed by atoms with Crippen LogP contribution < -0.4 is 10.1 Å². The molecule has 6 heteroatoms. The highest BCUT2D eigenvalue weighted by atomic mass is 16.6. The maximum atomic E-state index is 5.29. The Labute approximate surface area is 125 Å². The highest BCUT2D eigenvalue weighted by Crippen LogP contribution is 2.22. The van der Waals surface area contributed by atoms with Crippen LogP contribution in [-0.2, 0) is 6.54 Å². The van der Waals surface area contributed by atoms with E-state index in [1.165, 1.54) is 5.56 Å². The molecule has 0 aliphatic carbocycles. The Hall–Kier alpha value is -1.92. The average molecular weight is 290 g/mol. The highest BCUT2D eigenvalue weighted by molar-refractivity contribution is 5.30. The normalized spacial score (nSPS) is 12.6. The number of nitrogens with one attached hydrogen (secondary N) is 1. The van der Waals surface area contributed by atoms with Crippen molar-refractivity contribution in [1.29, 1.82) is 0 Å². The third-order valence-electron chi connectivity index (χ3n) is 3.48. The highest BCUT2D eigenvalue weighted by Gasteiger charge is 2.15. The first kappa shape index (κ1) is 15.5. The first-order valence-electron chi connectivity index (χ1n) is 6.91. The second-order valence-corrected chi connectivity index (χ2v) is 5.18. The van der Waals surface area contributed by atoms with Gasteiger partial charge in [0.25, 0.3) is 0 Å². The largest absolute Gasteiger partial charge is 0.497 e. The first-order chi connectivity index (χ1) is 10.1. The van der Waals surface area contributed by atoms with Crippen molar-refractivity contribution in [1.82, 2.24) is 20.5 Å². The van der Waals surface area contributed by atoms with E-state index >= 15 is 0 Å². The number of hydrogen-bond acceptors (Lipinski definition) is 6. The maximum Gasteiger partial charge on any atom is 0.121 e. The van der Waals surface area contributed by atoms with Gasteiger partial charge in [-0.15, -0.1) is 0 Å². The zero-order chi connectivity index (χ0) is 15.2. The minimum absolute atomic E-state index is 0.250. The minimum atomic E-state index is 0.250. The van der Waals surface area contributed by atoms with Gasteiger partial charge < -0.3 is 15.0 Å². The predicted octanol–water partition coefficient (Wildman–Crippen LogP) is 1.78. The lowest BCUT2D eigenvalue weighted by molar-refractivity contribution is 0.283. The summed E-state index contributed by atoms with van der Waals surface area (Å²) in [6.45, 7) is 3.33. The van der Waals surface area contributed by atoms with Gasteiger partial charge in [0.05, 0.1) is 7.11 Å². The third-order valence-corrected chi connectivity index (χ3v) is 3.48. The van der Waals surface area contributed by atoms with E-state index in [0.29, 0.717) is 6.54 Å². The number of aromatic nitrogens is 2. The molecule has 0 saturated heterocycles. The SMILES string of the molecule is COc1cccc(C(CNCc2nonc2C)N(C)C)c1. The molecule has 0 saturated carbocycles. The number of aryl methyl sites for hydroxylation is 1. The van der Waals surface area contributed by atoms with Gasteiger partial charge in [-0.3, -0.25) is 0 Å². The Kier molecular flexibility index (Phi) is 5.30. The quantitative estimate of drug-likeness (QED) is 0.838. The maximum absolute atomic E-state index is 5.29. The number of rotatable bonds is 7. The van der Waals surface area contributed by atoms with E-state index < -0.39 is 0 Å².